The van der Waals surface area contributed by atoms with Gasteiger partial charge in [0.2, 0.25) is 0 Å². The molecule has 3 aromatic rings. The standard InChI is InChI=1S/C22H24N2O2/c1-5-6-21(25)18-13-23-20-9-7-14(2)11-17(20)22(18)24-19-10-8-16(26-4)12-15(19)3/h7-13H,5-6H2,1-4H3,(H,23,24). The zero-order chi connectivity index (χ0) is 18.7. The number of methoxy groups -OCH3 is 1. The topological polar surface area (TPSA) is 51.2 Å². The van der Waals surface area contributed by atoms with Crippen molar-refractivity contribution in [3.05, 3.63) is 59.3 Å². The lowest BCUT2D eigenvalue weighted by atomic mass is 10.0. The summed E-state index contributed by atoms with van der Waals surface area (Å²) < 4.78 is 5.29. The molecule has 1 heterocycles. The molecule has 1 aromatic heterocycles. The number of ketones is 1. The first kappa shape index (κ1) is 17.9. The van der Waals surface area contributed by atoms with E-state index in [1.54, 1.807) is 13.3 Å². The number of fused-ring (bicyclic) bond motifs is 1. The molecule has 0 radical (unpaired) electrons. The highest BCUT2D eigenvalue weighted by atomic mass is 16.5. The molecule has 0 spiro atoms. The number of hydrogen-bond acceptors (Lipinski definition) is 4. The van der Waals surface area contributed by atoms with Gasteiger partial charge in [0.05, 0.1) is 23.9 Å². The summed E-state index contributed by atoms with van der Waals surface area (Å²) in [6.45, 7) is 6.08. The normalized spacial score (nSPS) is 10.8. The van der Waals surface area contributed by atoms with Crippen molar-refractivity contribution in [2.24, 2.45) is 0 Å². The van der Waals surface area contributed by atoms with Gasteiger partial charge in [-0.05, 0) is 56.2 Å². The quantitative estimate of drug-likeness (QED) is 0.590. The molecule has 0 amide bonds. The lowest BCUT2D eigenvalue weighted by molar-refractivity contribution is 0.0982. The van der Waals surface area contributed by atoms with Crippen LogP contribution in [0, 0.1) is 13.8 Å². The first-order valence-corrected chi connectivity index (χ1v) is 8.87. The van der Waals surface area contributed by atoms with Crippen molar-refractivity contribution in [2.75, 3.05) is 12.4 Å². The van der Waals surface area contributed by atoms with Crippen LogP contribution < -0.4 is 10.1 Å². The molecule has 1 N–H and O–H groups in total. The molecule has 0 aliphatic carbocycles. The molecule has 134 valence electrons. The Hall–Kier alpha value is -2.88. The minimum absolute atomic E-state index is 0.108. The Kier molecular flexibility index (Phi) is 5.21. The highest BCUT2D eigenvalue weighted by Crippen LogP contribution is 2.32. The second kappa shape index (κ2) is 7.56. The van der Waals surface area contributed by atoms with E-state index in [4.69, 9.17) is 4.74 Å². The van der Waals surface area contributed by atoms with Gasteiger partial charge >= 0.3 is 0 Å². The van der Waals surface area contributed by atoms with Crippen LogP contribution in [0.4, 0.5) is 11.4 Å². The third kappa shape index (κ3) is 3.54. The van der Waals surface area contributed by atoms with Gasteiger partial charge in [-0.3, -0.25) is 9.78 Å². The zero-order valence-electron chi connectivity index (χ0n) is 15.7. The number of benzene rings is 2. The number of aryl methyl sites for hydroxylation is 2. The first-order chi connectivity index (χ1) is 12.5. The van der Waals surface area contributed by atoms with E-state index in [9.17, 15) is 4.79 Å². The van der Waals surface area contributed by atoms with Crippen LogP contribution in [-0.4, -0.2) is 17.9 Å². The van der Waals surface area contributed by atoms with E-state index < -0.39 is 0 Å². The minimum Gasteiger partial charge on any atom is -0.497 e. The maximum Gasteiger partial charge on any atom is 0.166 e. The number of carbonyl (C=O) groups is 1. The van der Waals surface area contributed by atoms with E-state index in [2.05, 4.69) is 16.4 Å². The number of anilines is 2. The molecule has 2 aromatic carbocycles. The largest absolute Gasteiger partial charge is 0.497 e. The molecule has 0 saturated heterocycles. The van der Waals surface area contributed by atoms with Gasteiger partial charge in [0.1, 0.15) is 5.75 Å². The molecular formula is C22H24N2O2. The third-order valence-corrected chi connectivity index (χ3v) is 4.49. The summed E-state index contributed by atoms with van der Waals surface area (Å²) in [6.07, 6.45) is 3.01. The minimum atomic E-state index is 0.108. The zero-order valence-corrected chi connectivity index (χ0v) is 15.7. The molecule has 0 aliphatic heterocycles. The highest BCUT2D eigenvalue weighted by Gasteiger charge is 2.16. The highest BCUT2D eigenvalue weighted by molar-refractivity contribution is 6.09. The smallest absolute Gasteiger partial charge is 0.166 e. The number of carbonyl (C=O) groups excluding carboxylic acids is 1. The van der Waals surface area contributed by atoms with Gasteiger partial charge in [0.25, 0.3) is 0 Å². The second-order valence-corrected chi connectivity index (χ2v) is 6.55. The summed E-state index contributed by atoms with van der Waals surface area (Å²) in [6, 6.07) is 12.0. The Morgan fingerprint density at radius 2 is 1.96 bits per heavy atom. The number of rotatable bonds is 6. The molecule has 4 heteroatoms. The lowest BCUT2D eigenvalue weighted by Crippen LogP contribution is -2.06. The predicted molar refractivity (Wildman–Crippen MR) is 107 cm³/mol. The van der Waals surface area contributed by atoms with E-state index in [1.165, 1.54) is 0 Å². The van der Waals surface area contributed by atoms with Gasteiger partial charge in [-0.2, -0.15) is 0 Å². The van der Waals surface area contributed by atoms with Crippen molar-refractivity contribution in [1.82, 2.24) is 4.98 Å². The number of hydrogen-bond donors (Lipinski definition) is 1. The van der Waals surface area contributed by atoms with Gasteiger partial charge in [0.15, 0.2) is 5.78 Å². The molecular weight excluding hydrogens is 324 g/mol. The van der Waals surface area contributed by atoms with Gasteiger partial charge in [-0.15, -0.1) is 0 Å². The Bertz CT molecular complexity index is 964. The molecule has 0 fully saturated rings. The number of pyridine rings is 1. The van der Waals surface area contributed by atoms with Crippen molar-refractivity contribution in [2.45, 2.75) is 33.6 Å². The van der Waals surface area contributed by atoms with Crippen molar-refractivity contribution >= 4 is 28.1 Å². The van der Waals surface area contributed by atoms with Crippen LogP contribution in [0.1, 0.15) is 41.3 Å². The summed E-state index contributed by atoms with van der Waals surface area (Å²) in [5, 5.41) is 4.45. The molecule has 0 bridgehead atoms. The second-order valence-electron chi connectivity index (χ2n) is 6.55. The summed E-state index contributed by atoms with van der Waals surface area (Å²) in [4.78, 5) is 17.2. The predicted octanol–water partition coefficient (Wildman–Crippen LogP) is 5.59. The SMILES string of the molecule is CCCC(=O)c1cnc2ccc(C)cc2c1Nc1ccc(OC)cc1C. The van der Waals surface area contributed by atoms with Crippen LogP contribution in [-0.2, 0) is 0 Å². The number of nitrogens with one attached hydrogen (secondary N) is 1. The monoisotopic (exact) mass is 348 g/mol. The van der Waals surface area contributed by atoms with E-state index >= 15 is 0 Å². The fraction of sp³-hybridized carbons (Fsp3) is 0.273. The van der Waals surface area contributed by atoms with E-state index in [0.29, 0.717) is 12.0 Å². The molecule has 0 atom stereocenters. The average molecular weight is 348 g/mol. The third-order valence-electron chi connectivity index (χ3n) is 4.49. The summed E-state index contributed by atoms with van der Waals surface area (Å²) in [5.41, 5.74) is 5.47. The van der Waals surface area contributed by atoms with Crippen LogP contribution in [0.2, 0.25) is 0 Å². The van der Waals surface area contributed by atoms with Crippen LogP contribution >= 0.6 is 0 Å². The maximum atomic E-state index is 12.7. The van der Waals surface area contributed by atoms with E-state index in [1.807, 2.05) is 51.1 Å². The van der Waals surface area contributed by atoms with E-state index in [0.717, 1.165) is 45.6 Å². The number of Topliss-reactive ketones (excluding diaryl/α,β-unsaturated/α-hetero) is 1. The number of aromatic nitrogens is 1. The van der Waals surface area contributed by atoms with Crippen LogP contribution in [0.5, 0.6) is 5.75 Å². The summed E-state index contributed by atoms with van der Waals surface area (Å²) in [7, 11) is 1.66. The van der Waals surface area contributed by atoms with Crippen molar-refractivity contribution in [3.63, 3.8) is 0 Å². The number of ether oxygens (including phenoxy) is 1. The molecule has 0 unspecified atom stereocenters. The fourth-order valence-corrected chi connectivity index (χ4v) is 3.05. The Balaban J connectivity index is 2.16. The van der Waals surface area contributed by atoms with Crippen molar-refractivity contribution < 1.29 is 9.53 Å². The Labute approximate surface area is 154 Å². The van der Waals surface area contributed by atoms with Gasteiger partial charge in [0, 0.05) is 23.7 Å². The van der Waals surface area contributed by atoms with Crippen LogP contribution in [0.15, 0.2) is 42.6 Å². The van der Waals surface area contributed by atoms with Crippen LogP contribution in [0.3, 0.4) is 0 Å². The van der Waals surface area contributed by atoms with Gasteiger partial charge in [-0.1, -0.05) is 18.6 Å². The number of nitrogens with zero attached hydrogens (tertiary/aromatic N) is 1. The van der Waals surface area contributed by atoms with Gasteiger partial charge < -0.3 is 10.1 Å². The lowest BCUT2D eigenvalue weighted by Gasteiger charge is -2.16. The van der Waals surface area contributed by atoms with E-state index in [-0.39, 0.29) is 5.78 Å². The summed E-state index contributed by atoms with van der Waals surface area (Å²) >= 11 is 0. The molecule has 0 aliphatic rings. The van der Waals surface area contributed by atoms with Crippen molar-refractivity contribution in [3.8, 4) is 5.75 Å². The molecule has 4 nitrogen and oxygen atoms in total. The molecule has 3 rings (SSSR count). The van der Waals surface area contributed by atoms with Crippen LogP contribution in [0.25, 0.3) is 10.9 Å². The van der Waals surface area contributed by atoms with Crippen molar-refractivity contribution in [1.29, 1.82) is 0 Å². The van der Waals surface area contributed by atoms with Gasteiger partial charge in [-0.25, -0.2) is 0 Å². The average Bonchev–Trinajstić information content (AvgIpc) is 2.63. The maximum absolute atomic E-state index is 12.7. The summed E-state index contributed by atoms with van der Waals surface area (Å²) in [5.74, 6) is 0.919. The Morgan fingerprint density at radius 3 is 2.65 bits per heavy atom. The molecule has 26 heavy (non-hydrogen) atoms. The Morgan fingerprint density at radius 1 is 1.15 bits per heavy atom. The first-order valence-electron chi connectivity index (χ1n) is 8.87. The fourth-order valence-electron chi connectivity index (χ4n) is 3.05. The molecule has 0 saturated carbocycles.